The maximum atomic E-state index is 12.4. The van der Waals surface area contributed by atoms with Crippen LogP contribution in [-0.2, 0) is 0 Å². The Bertz CT molecular complexity index is 438. The van der Waals surface area contributed by atoms with E-state index in [9.17, 15) is 4.79 Å². The van der Waals surface area contributed by atoms with Gasteiger partial charge in [0.15, 0.2) is 5.69 Å². The minimum absolute atomic E-state index is 0.0277. The minimum atomic E-state index is -0.0277. The average molecular weight is 276 g/mol. The lowest BCUT2D eigenvalue weighted by molar-refractivity contribution is 0.0667. The van der Waals surface area contributed by atoms with Crippen LogP contribution in [-0.4, -0.2) is 41.1 Å². The van der Waals surface area contributed by atoms with Crippen molar-refractivity contribution < 1.29 is 4.79 Å². The van der Waals surface area contributed by atoms with Gasteiger partial charge in [-0.2, -0.15) is 0 Å². The molecular weight excluding hydrogens is 252 g/mol. The SMILES string of the molecule is CCC1CCC(N(C)C(=O)c2ccc(NC)nn2)CC1. The fraction of sp³-hybridized carbons (Fsp3) is 0.667. The second kappa shape index (κ2) is 6.68. The highest BCUT2D eigenvalue weighted by molar-refractivity contribution is 5.92. The zero-order valence-electron chi connectivity index (χ0n) is 12.6. The van der Waals surface area contributed by atoms with E-state index in [2.05, 4.69) is 22.4 Å². The van der Waals surface area contributed by atoms with Crippen molar-refractivity contribution in [1.82, 2.24) is 15.1 Å². The number of carbonyl (C=O) groups is 1. The Labute approximate surface area is 120 Å². The predicted octanol–water partition coefficient (Wildman–Crippen LogP) is 2.56. The van der Waals surface area contributed by atoms with Gasteiger partial charge in [-0.15, -0.1) is 10.2 Å². The molecule has 1 heterocycles. The van der Waals surface area contributed by atoms with Gasteiger partial charge in [-0.25, -0.2) is 0 Å². The topological polar surface area (TPSA) is 58.1 Å². The van der Waals surface area contributed by atoms with Crippen molar-refractivity contribution in [1.29, 1.82) is 0 Å². The van der Waals surface area contributed by atoms with Crippen molar-refractivity contribution in [3.05, 3.63) is 17.8 Å². The maximum Gasteiger partial charge on any atom is 0.274 e. The van der Waals surface area contributed by atoms with Gasteiger partial charge >= 0.3 is 0 Å². The standard InChI is InChI=1S/C15H24N4O/c1-4-11-5-7-12(8-6-11)19(3)15(20)13-9-10-14(16-2)18-17-13/h9-12H,4-8H2,1-3H3,(H,16,18). The molecule has 1 N–H and O–H groups in total. The van der Waals surface area contributed by atoms with Crippen LogP contribution in [0, 0.1) is 5.92 Å². The van der Waals surface area contributed by atoms with E-state index in [4.69, 9.17) is 0 Å². The third-order valence-corrected chi connectivity index (χ3v) is 4.40. The fourth-order valence-electron chi connectivity index (χ4n) is 2.87. The predicted molar refractivity (Wildman–Crippen MR) is 79.7 cm³/mol. The van der Waals surface area contributed by atoms with Crippen molar-refractivity contribution in [2.75, 3.05) is 19.4 Å². The molecule has 1 aliphatic rings. The average Bonchev–Trinajstić information content (AvgIpc) is 2.53. The summed E-state index contributed by atoms with van der Waals surface area (Å²) in [6, 6.07) is 3.85. The van der Waals surface area contributed by atoms with Gasteiger partial charge in [0.2, 0.25) is 0 Å². The summed E-state index contributed by atoms with van der Waals surface area (Å²) in [5.41, 5.74) is 0.420. The first-order valence-corrected chi connectivity index (χ1v) is 7.44. The first-order valence-electron chi connectivity index (χ1n) is 7.44. The maximum absolute atomic E-state index is 12.4. The first kappa shape index (κ1) is 14.8. The van der Waals surface area contributed by atoms with Crippen molar-refractivity contribution in [2.24, 2.45) is 5.92 Å². The number of nitrogens with zero attached hydrogens (tertiary/aromatic N) is 3. The van der Waals surface area contributed by atoms with Crippen LogP contribution < -0.4 is 5.32 Å². The van der Waals surface area contributed by atoms with Gasteiger partial charge in [0.25, 0.3) is 5.91 Å². The van der Waals surface area contributed by atoms with E-state index in [0.717, 1.165) is 18.8 Å². The molecule has 5 nitrogen and oxygen atoms in total. The number of hydrogen-bond acceptors (Lipinski definition) is 4. The third-order valence-electron chi connectivity index (χ3n) is 4.40. The van der Waals surface area contributed by atoms with Crippen LogP contribution in [0.2, 0.25) is 0 Å². The van der Waals surface area contributed by atoms with Crippen LogP contribution in [0.25, 0.3) is 0 Å². The summed E-state index contributed by atoms with van der Waals surface area (Å²) in [6.45, 7) is 2.25. The Hall–Kier alpha value is -1.65. The molecule has 110 valence electrons. The number of aromatic nitrogens is 2. The van der Waals surface area contributed by atoms with Gasteiger partial charge in [0, 0.05) is 20.1 Å². The summed E-state index contributed by atoms with van der Waals surface area (Å²) in [5.74, 6) is 1.48. The third kappa shape index (κ3) is 3.26. The van der Waals surface area contributed by atoms with Crippen molar-refractivity contribution >= 4 is 11.7 Å². The normalized spacial score (nSPS) is 22.4. The van der Waals surface area contributed by atoms with E-state index >= 15 is 0 Å². The highest BCUT2D eigenvalue weighted by Gasteiger charge is 2.27. The van der Waals surface area contributed by atoms with Gasteiger partial charge in [0.05, 0.1) is 0 Å². The molecule has 0 spiro atoms. The summed E-state index contributed by atoms with van der Waals surface area (Å²) in [4.78, 5) is 14.2. The van der Waals surface area contributed by atoms with Crippen molar-refractivity contribution in [3.63, 3.8) is 0 Å². The van der Waals surface area contributed by atoms with Crippen LogP contribution in [0.4, 0.5) is 5.82 Å². The molecule has 1 aliphatic carbocycles. The number of anilines is 1. The number of carbonyl (C=O) groups excluding carboxylic acids is 1. The Morgan fingerprint density at radius 1 is 1.30 bits per heavy atom. The van der Waals surface area contributed by atoms with Crippen LogP contribution in [0.15, 0.2) is 12.1 Å². The molecule has 2 rings (SSSR count). The van der Waals surface area contributed by atoms with Gasteiger partial charge in [-0.3, -0.25) is 4.79 Å². The van der Waals surface area contributed by atoms with Crippen LogP contribution >= 0.6 is 0 Å². The summed E-state index contributed by atoms with van der Waals surface area (Å²) in [5, 5.41) is 10.9. The molecule has 0 radical (unpaired) electrons. The Morgan fingerprint density at radius 2 is 2.00 bits per heavy atom. The Morgan fingerprint density at radius 3 is 2.50 bits per heavy atom. The molecule has 0 atom stereocenters. The largest absolute Gasteiger partial charge is 0.372 e. The van der Waals surface area contributed by atoms with Crippen LogP contribution in [0.5, 0.6) is 0 Å². The van der Waals surface area contributed by atoms with E-state index in [-0.39, 0.29) is 5.91 Å². The Balaban J connectivity index is 1.97. The second-order valence-corrected chi connectivity index (χ2v) is 5.55. The molecule has 0 unspecified atom stereocenters. The molecule has 1 fully saturated rings. The van der Waals surface area contributed by atoms with E-state index in [1.165, 1.54) is 19.3 Å². The molecule has 1 amide bonds. The molecule has 0 bridgehead atoms. The lowest BCUT2D eigenvalue weighted by atomic mass is 9.84. The van der Waals surface area contributed by atoms with E-state index in [1.54, 1.807) is 19.2 Å². The van der Waals surface area contributed by atoms with Crippen molar-refractivity contribution in [3.8, 4) is 0 Å². The second-order valence-electron chi connectivity index (χ2n) is 5.55. The first-order chi connectivity index (χ1) is 9.65. The lowest BCUT2D eigenvalue weighted by Gasteiger charge is -2.34. The van der Waals surface area contributed by atoms with Crippen LogP contribution in [0.1, 0.15) is 49.5 Å². The quantitative estimate of drug-likeness (QED) is 0.918. The molecular formula is C15H24N4O. The molecule has 20 heavy (non-hydrogen) atoms. The summed E-state index contributed by atoms with van der Waals surface area (Å²) in [6.07, 6.45) is 5.90. The Kier molecular flexibility index (Phi) is 4.93. The summed E-state index contributed by atoms with van der Waals surface area (Å²) in [7, 11) is 3.66. The molecule has 5 heteroatoms. The van der Waals surface area contributed by atoms with Gasteiger partial charge in [-0.05, 0) is 43.7 Å². The minimum Gasteiger partial charge on any atom is -0.372 e. The van der Waals surface area contributed by atoms with Crippen molar-refractivity contribution in [2.45, 2.75) is 45.1 Å². The van der Waals surface area contributed by atoms with E-state index in [1.807, 2.05) is 11.9 Å². The van der Waals surface area contributed by atoms with Gasteiger partial charge in [-0.1, -0.05) is 13.3 Å². The van der Waals surface area contributed by atoms with E-state index < -0.39 is 0 Å². The summed E-state index contributed by atoms with van der Waals surface area (Å²) < 4.78 is 0. The molecule has 1 aromatic rings. The number of rotatable bonds is 4. The zero-order chi connectivity index (χ0) is 14.5. The molecule has 1 saturated carbocycles. The molecule has 1 aromatic heterocycles. The highest BCUT2D eigenvalue weighted by Crippen LogP contribution is 2.29. The molecule has 0 aliphatic heterocycles. The lowest BCUT2D eigenvalue weighted by Crippen LogP contribution is -2.39. The highest BCUT2D eigenvalue weighted by atomic mass is 16.2. The summed E-state index contributed by atoms with van der Waals surface area (Å²) >= 11 is 0. The number of hydrogen-bond donors (Lipinski definition) is 1. The van der Waals surface area contributed by atoms with E-state index in [0.29, 0.717) is 17.6 Å². The smallest absolute Gasteiger partial charge is 0.274 e. The van der Waals surface area contributed by atoms with Gasteiger partial charge < -0.3 is 10.2 Å². The number of amides is 1. The molecule has 0 aromatic carbocycles. The zero-order valence-corrected chi connectivity index (χ0v) is 12.6. The monoisotopic (exact) mass is 276 g/mol. The molecule has 0 saturated heterocycles. The van der Waals surface area contributed by atoms with Crippen LogP contribution in [0.3, 0.4) is 0 Å². The number of nitrogens with one attached hydrogen (secondary N) is 1. The fourth-order valence-corrected chi connectivity index (χ4v) is 2.87. The van der Waals surface area contributed by atoms with Gasteiger partial charge in [0.1, 0.15) is 5.82 Å².